The number of carbonyl (C=O) groups excluding carboxylic acids is 1. The molecule has 0 unspecified atom stereocenters. The summed E-state index contributed by atoms with van der Waals surface area (Å²) in [4.78, 5) is 18.2. The van der Waals surface area contributed by atoms with E-state index in [0.717, 1.165) is 0 Å². The van der Waals surface area contributed by atoms with Crippen LogP contribution in [-0.2, 0) is 0 Å². The van der Waals surface area contributed by atoms with E-state index < -0.39 is 0 Å². The van der Waals surface area contributed by atoms with Gasteiger partial charge >= 0.3 is 0 Å². The van der Waals surface area contributed by atoms with Crippen LogP contribution >= 0.6 is 11.6 Å². The van der Waals surface area contributed by atoms with Gasteiger partial charge in [0.05, 0.1) is 23.0 Å². The van der Waals surface area contributed by atoms with Crippen molar-refractivity contribution in [2.45, 2.75) is 0 Å². The highest BCUT2D eigenvalue weighted by Crippen LogP contribution is 2.07. The zero-order valence-electron chi connectivity index (χ0n) is 6.96. The van der Waals surface area contributed by atoms with Crippen LogP contribution in [0, 0.1) is 0 Å². The van der Waals surface area contributed by atoms with E-state index in [-0.39, 0.29) is 0 Å². The van der Waals surface area contributed by atoms with E-state index in [4.69, 9.17) is 11.6 Å². The number of carbonyl (C=O) groups is 1. The van der Waals surface area contributed by atoms with Crippen LogP contribution < -0.4 is 0 Å². The lowest BCUT2D eigenvalue weighted by atomic mass is 10.4. The lowest BCUT2D eigenvalue weighted by Crippen LogP contribution is -2.01. The number of rotatable bonds is 2. The molecule has 0 fully saturated rings. The Bertz CT molecular complexity index is 451. The van der Waals surface area contributed by atoms with Gasteiger partial charge in [-0.15, -0.1) is 0 Å². The number of hydrogen-bond donors (Lipinski definition) is 0. The Labute approximate surface area is 84.4 Å². The lowest BCUT2D eigenvalue weighted by molar-refractivity contribution is 0.112. The summed E-state index contributed by atoms with van der Waals surface area (Å²) in [7, 11) is 0. The molecule has 5 nitrogen and oxygen atoms in total. The van der Waals surface area contributed by atoms with Crippen LogP contribution in [0.1, 0.15) is 10.4 Å². The Kier molecular flexibility index (Phi) is 2.24. The molecule has 0 bridgehead atoms. The average Bonchev–Trinajstić information content (AvgIpc) is 2.65. The summed E-state index contributed by atoms with van der Waals surface area (Å²) in [5, 5.41) is 4.42. The molecule has 0 aliphatic carbocycles. The fourth-order valence-electron chi connectivity index (χ4n) is 0.921. The van der Waals surface area contributed by atoms with E-state index in [1.54, 1.807) is 6.20 Å². The molecule has 0 saturated carbocycles. The van der Waals surface area contributed by atoms with Gasteiger partial charge in [0, 0.05) is 12.4 Å². The van der Waals surface area contributed by atoms with Crippen LogP contribution in [-0.4, -0.2) is 26.0 Å². The summed E-state index contributed by atoms with van der Waals surface area (Å²) < 4.78 is 1.43. The van der Waals surface area contributed by atoms with E-state index in [1.807, 2.05) is 0 Å². The molecule has 0 saturated heterocycles. The Morgan fingerprint density at radius 2 is 2.00 bits per heavy atom. The first-order chi connectivity index (χ1) is 6.79. The third-order valence-electron chi connectivity index (χ3n) is 1.55. The van der Waals surface area contributed by atoms with Crippen LogP contribution in [0.2, 0.25) is 5.02 Å². The molecule has 2 heterocycles. The van der Waals surface area contributed by atoms with Gasteiger partial charge in [-0.05, 0) is 0 Å². The van der Waals surface area contributed by atoms with Crippen molar-refractivity contribution >= 4 is 17.9 Å². The monoisotopic (exact) mass is 208 g/mol. The van der Waals surface area contributed by atoms with Gasteiger partial charge in [-0.25, -0.2) is 14.6 Å². The van der Waals surface area contributed by atoms with Gasteiger partial charge in [0.2, 0.25) is 0 Å². The minimum Gasteiger partial charge on any atom is -0.298 e. The fraction of sp³-hybridized carbons (Fsp3) is 0. The lowest BCUT2D eigenvalue weighted by Gasteiger charge is -1.97. The largest absolute Gasteiger partial charge is 0.298 e. The van der Waals surface area contributed by atoms with Crippen LogP contribution in [0.4, 0.5) is 0 Å². The van der Waals surface area contributed by atoms with Gasteiger partial charge in [0.1, 0.15) is 0 Å². The molecule has 70 valence electrons. The summed E-state index contributed by atoms with van der Waals surface area (Å²) >= 11 is 5.67. The predicted molar refractivity (Wildman–Crippen MR) is 49.6 cm³/mol. The first kappa shape index (κ1) is 8.83. The first-order valence-electron chi connectivity index (χ1n) is 3.77. The quantitative estimate of drug-likeness (QED) is 0.694. The standard InChI is InChI=1S/C8H5ClN4O/c9-7-3-12-13(4-7)8-10-1-6(5-14)2-11-8/h1-5H. The van der Waals surface area contributed by atoms with Crippen molar-refractivity contribution in [1.82, 2.24) is 19.7 Å². The Hall–Kier alpha value is -1.75. The molecule has 2 aromatic rings. The summed E-state index contributed by atoms with van der Waals surface area (Å²) in [6.07, 6.45) is 6.59. The SMILES string of the molecule is O=Cc1cnc(-n2cc(Cl)cn2)nc1. The smallest absolute Gasteiger partial charge is 0.250 e. The van der Waals surface area contributed by atoms with Gasteiger partial charge in [-0.1, -0.05) is 11.6 Å². The van der Waals surface area contributed by atoms with Gasteiger partial charge < -0.3 is 0 Å². The maximum atomic E-state index is 10.3. The topological polar surface area (TPSA) is 60.7 Å². The molecule has 0 atom stereocenters. The molecule has 0 aromatic carbocycles. The molecule has 0 aliphatic rings. The van der Waals surface area contributed by atoms with Crippen LogP contribution in [0.3, 0.4) is 0 Å². The van der Waals surface area contributed by atoms with Crippen molar-refractivity contribution in [3.05, 3.63) is 35.4 Å². The van der Waals surface area contributed by atoms with Crippen molar-refractivity contribution < 1.29 is 4.79 Å². The van der Waals surface area contributed by atoms with Crippen molar-refractivity contribution in [3.8, 4) is 5.95 Å². The van der Waals surface area contributed by atoms with Gasteiger partial charge in [-0.2, -0.15) is 5.10 Å². The van der Waals surface area contributed by atoms with Crippen molar-refractivity contribution in [2.24, 2.45) is 0 Å². The van der Waals surface area contributed by atoms with Crippen LogP contribution in [0.25, 0.3) is 5.95 Å². The third kappa shape index (κ3) is 1.62. The van der Waals surface area contributed by atoms with Crippen LogP contribution in [0.15, 0.2) is 24.8 Å². The highest BCUT2D eigenvalue weighted by atomic mass is 35.5. The summed E-state index contributed by atoms with van der Waals surface area (Å²) in [5.41, 5.74) is 0.423. The van der Waals surface area contributed by atoms with E-state index in [1.165, 1.54) is 23.3 Å². The van der Waals surface area contributed by atoms with E-state index in [0.29, 0.717) is 22.8 Å². The molecule has 14 heavy (non-hydrogen) atoms. The molecule has 0 N–H and O–H groups in total. The molecule has 2 aromatic heterocycles. The van der Waals surface area contributed by atoms with Gasteiger partial charge in [0.25, 0.3) is 5.95 Å². The molecular weight excluding hydrogens is 204 g/mol. The minimum absolute atomic E-state index is 0.377. The average molecular weight is 209 g/mol. The zero-order chi connectivity index (χ0) is 9.97. The highest BCUT2D eigenvalue weighted by molar-refractivity contribution is 6.30. The summed E-state index contributed by atoms with van der Waals surface area (Å²) in [6.45, 7) is 0. The second-order valence-corrected chi connectivity index (χ2v) is 2.97. The molecule has 0 radical (unpaired) electrons. The summed E-state index contributed by atoms with van der Waals surface area (Å²) in [6, 6.07) is 0. The molecule has 0 aliphatic heterocycles. The normalized spacial score (nSPS) is 10.1. The second-order valence-electron chi connectivity index (χ2n) is 2.54. The first-order valence-corrected chi connectivity index (χ1v) is 4.15. The Balaban J connectivity index is 2.38. The molecular formula is C8H5ClN4O. The highest BCUT2D eigenvalue weighted by Gasteiger charge is 2.01. The van der Waals surface area contributed by atoms with Crippen molar-refractivity contribution in [1.29, 1.82) is 0 Å². The van der Waals surface area contributed by atoms with E-state index in [2.05, 4.69) is 15.1 Å². The number of aldehydes is 1. The molecule has 6 heteroatoms. The third-order valence-corrected chi connectivity index (χ3v) is 1.75. The Morgan fingerprint density at radius 3 is 2.50 bits per heavy atom. The predicted octanol–water partition coefficient (Wildman–Crippen LogP) is 1.13. The second kappa shape index (κ2) is 3.55. The van der Waals surface area contributed by atoms with Crippen molar-refractivity contribution in [2.75, 3.05) is 0 Å². The van der Waals surface area contributed by atoms with Gasteiger partial charge in [-0.3, -0.25) is 4.79 Å². The van der Waals surface area contributed by atoms with Gasteiger partial charge in [0.15, 0.2) is 6.29 Å². The van der Waals surface area contributed by atoms with E-state index >= 15 is 0 Å². The molecule has 0 spiro atoms. The number of nitrogens with zero attached hydrogens (tertiary/aromatic N) is 4. The Morgan fingerprint density at radius 1 is 1.29 bits per heavy atom. The zero-order valence-corrected chi connectivity index (χ0v) is 7.72. The number of hydrogen-bond acceptors (Lipinski definition) is 4. The molecule has 0 amide bonds. The maximum absolute atomic E-state index is 10.3. The number of halogens is 1. The van der Waals surface area contributed by atoms with E-state index in [9.17, 15) is 4.79 Å². The fourth-order valence-corrected chi connectivity index (χ4v) is 1.06. The minimum atomic E-state index is 0.377. The van der Waals surface area contributed by atoms with Crippen LogP contribution in [0.5, 0.6) is 0 Å². The number of aromatic nitrogens is 4. The van der Waals surface area contributed by atoms with Crippen molar-refractivity contribution in [3.63, 3.8) is 0 Å². The maximum Gasteiger partial charge on any atom is 0.250 e. The molecule has 2 rings (SSSR count). The summed E-state index contributed by atoms with van der Waals surface area (Å²) in [5.74, 6) is 0.377.